The van der Waals surface area contributed by atoms with Crippen LogP contribution in [0.3, 0.4) is 0 Å². The Balaban J connectivity index is 0.986. The Labute approximate surface area is 438 Å². The molecule has 6 aromatic carbocycles. The second kappa shape index (κ2) is 17.3. The maximum atomic E-state index is 10.1. The van der Waals surface area contributed by atoms with E-state index in [9.17, 15) is 10.5 Å². The number of nitriles is 2. The molecule has 0 amide bonds. The molecule has 0 saturated heterocycles. The molecular formula is C67H54N6O2. The summed E-state index contributed by atoms with van der Waals surface area (Å²) in [6.07, 6.45) is 19.8. The monoisotopic (exact) mass is 974 g/mol. The molecule has 0 fully saturated rings. The molecule has 75 heavy (non-hydrogen) atoms. The lowest BCUT2D eigenvalue weighted by Gasteiger charge is -2.44. The number of rotatable bonds is 4. The second-order valence-electron chi connectivity index (χ2n) is 22.3. The summed E-state index contributed by atoms with van der Waals surface area (Å²) in [5.74, 6) is 2.57. The maximum absolute atomic E-state index is 10.1. The van der Waals surface area contributed by atoms with E-state index in [2.05, 4.69) is 104 Å². The summed E-state index contributed by atoms with van der Waals surface area (Å²) < 4.78 is 13.1. The Kier molecular flexibility index (Phi) is 10.4. The largest absolute Gasteiger partial charge is 0.461 e. The number of ether oxygens (including phenoxy) is 2. The van der Waals surface area contributed by atoms with Gasteiger partial charge in [-0.3, -0.25) is 0 Å². The number of nitrogens with zero attached hydrogens (tertiary/aromatic N) is 6. The quantitative estimate of drug-likeness (QED) is 0.129. The van der Waals surface area contributed by atoms with Crippen molar-refractivity contribution in [1.82, 2.24) is 0 Å². The minimum absolute atomic E-state index is 0.0423. The molecular weight excluding hydrogens is 921 g/mol. The molecule has 0 N–H and O–H groups in total. The maximum Gasteiger partial charge on any atom is 0.269 e. The van der Waals surface area contributed by atoms with Crippen LogP contribution in [0.15, 0.2) is 131 Å². The van der Waals surface area contributed by atoms with Gasteiger partial charge >= 0.3 is 0 Å². The molecule has 0 saturated carbocycles. The van der Waals surface area contributed by atoms with E-state index in [0.717, 1.165) is 94.1 Å². The van der Waals surface area contributed by atoms with Gasteiger partial charge in [0.05, 0.1) is 25.3 Å². The van der Waals surface area contributed by atoms with Gasteiger partial charge in [0.2, 0.25) is 0 Å². The van der Waals surface area contributed by atoms with E-state index < -0.39 is 0 Å². The molecule has 0 bridgehead atoms. The topological polar surface area (TPSA) is 81.2 Å². The van der Waals surface area contributed by atoms with Gasteiger partial charge in [-0.15, -0.1) is 0 Å². The van der Waals surface area contributed by atoms with Crippen molar-refractivity contribution in [3.05, 3.63) is 210 Å². The number of hydrogen-bond acceptors (Lipinski definition) is 6. The predicted molar refractivity (Wildman–Crippen MR) is 298 cm³/mol. The molecule has 0 aromatic heterocycles. The fourth-order valence-corrected chi connectivity index (χ4v) is 14.7. The number of benzene rings is 6. The van der Waals surface area contributed by atoms with Gasteiger partial charge in [-0.2, -0.15) is 0 Å². The summed E-state index contributed by atoms with van der Waals surface area (Å²) in [7, 11) is 0. The molecule has 8 nitrogen and oxygen atoms in total. The van der Waals surface area contributed by atoms with Gasteiger partial charge in [-0.25, -0.2) is 20.2 Å². The van der Waals surface area contributed by atoms with E-state index >= 15 is 0 Å². The first-order valence-electron chi connectivity index (χ1n) is 26.9. The van der Waals surface area contributed by atoms with Gasteiger partial charge in [0.25, 0.3) is 11.4 Å². The lowest BCUT2D eigenvalue weighted by atomic mass is 9.60. The Bertz CT molecular complexity index is 3900. The van der Waals surface area contributed by atoms with Crippen molar-refractivity contribution in [3.8, 4) is 34.4 Å². The standard InChI is InChI=1S/C67H54N6O2/c1-39-21-50(59(37-68)70-3)31-61(74-39)52-24-42-13-15-55(49-27-45-11-7-19-73-20-8-12-46(28-49)66(45)73)57-35-67(34-54(30-52)63(42)57)33-53-29-47(48-25-43-9-5-17-72-18-6-10-44(26-48)65(43)72)23-41-14-16-56(58(36-67)64(41)53)62-32-51(22-40(2)75-62)60(38-69)71-4/h13-16,21-32H,5-12,17-20,33-36H2,1-2H3. The van der Waals surface area contributed by atoms with Crippen LogP contribution >= 0.6 is 0 Å². The summed E-state index contributed by atoms with van der Waals surface area (Å²) in [5, 5.41) is 25.0. The van der Waals surface area contributed by atoms with Crippen LogP contribution in [-0.4, -0.2) is 26.2 Å². The van der Waals surface area contributed by atoms with Crippen LogP contribution in [0.4, 0.5) is 11.4 Å². The fourth-order valence-electron chi connectivity index (χ4n) is 14.7. The van der Waals surface area contributed by atoms with Gasteiger partial charge in [-0.05, 0) is 263 Å². The first-order chi connectivity index (χ1) is 36.7. The highest BCUT2D eigenvalue weighted by molar-refractivity contribution is 6.00. The minimum Gasteiger partial charge on any atom is -0.461 e. The SMILES string of the molecule is [C-]#[N+]C(C#N)=C1C=C(C)OC(c2cc3c4c(c(-c5cc6c7c(c5)CCCN7CCC6)ccc4c2)CC2(Cc4cc(-c5cc6c7c(c5)CCCN7CCC6)cc5ccc(C6=CC(=C(C#N)[N+]#[C-])C=C(C)O6)c(c45)C2)C3)=C1. The minimum atomic E-state index is -0.265. The smallest absolute Gasteiger partial charge is 0.269 e. The lowest BCUT2D eigenvalue weighted by molar-refractivity contribution is 0.267. The van der Waals surface area contributed by atoms with E-state index in [1.54, 1.807) is 12.2 Å². The van der Waals surface area contributed by atoms with Crippen molar-refractivity contribution in [2.24, 2.45) is 5.41 Å². The zero-order valence-corrected chi connectivity index (χ0v) is 42.6. The molecule has 8 aliphatic rings. The first-order valence-corrected chi connectivity index (χ1v) is 26.9. The van der Waals surface area contributed by atoms with Crippen molar-refractivity contribution in [2.75, 3.05) is 36.0 Å². The number of allylic oxidation sites excluding steroid dienone is 10. The van der Waals surface area contributed by atoms with Gasteiger partial charge in [0.1, 0.15) is 23.0 Å². The summed E-state index contributed by atoms with van der Waals surface area (Å²) in [6.45, 7) is 24.0. The predicted octanol–water partition coefficient (Wildman–Crippen LogP) is 14.6. The highest BCUT2D eigenvalue weighted by Crippen LogP contribution is 2.54. The lowest BCUT2D eigenvalue weighted by Crippen LogP contribution is -2.37. The molecule has 1 unspecified atom stereocenters. The third kappa shape index (κ3) is 7.34. The highest BCUT2D eigenvalue weighted by atomic mass is 16.5. The molecule has 0 radical (unpaired) electrons. The van der Waals surface area contributed by atoms with Gasteiger partial charge in [-0.1, -0.05) is 30.3 Å². The van der Waals surface area contributed by atoms with Gasteiger partial charge in [0, 0.05) is 48.7 Å². The Hall–Kier alpha value is -8.56. The third-order valence-corrected chi connectivity index (χ3v) is 17.5. The Morgan fingerprint density at radius 2 is 0.933 bits per heavy atom. The molecule has 14 rings (SSSR count). The van der Waals surface area contributed by atoms with Crippen molar-refractivity contribution >= 4 is 44.4 Å². The Morgan fingerprint density at radius 3 is 1.45 bits per heavy atom. The van der Waals surface area contributed by atoms with Gasteiger partial charge in [0.15, 0.2) is 0 Å². The molecule has 2 aliphatic carbocycles. The zero-order chi connectivity index (χ0) is 50.7. The summed E-state index contributed by atoms with van der Waals surface area (Å²) >= 11 is 0. The van der Waals surface area contributed by atoms with Crippen molar-refractivity contribution in [1.29, 1.82) is 10.5 Å². The van der Waals surface area contributed by atoms with E-state index in [0.29, 0.717) is 34.2 Å². The summed E-state index contributed by atoms with van der Waals surface area (Å²) in [4.78, 5) is 12.4. The number of hydrogen-bond donors (Lipinski definition) is 0. The van der Waals surface area contributed by atoms with E-state index in [4.69, 9.17) is 22.6 Å². The summed E-state index contributed by atoms with van der Waals surface area (Å²) in [6, 6.07) is 32.9. The molecule has 1 spiro atoms. The van der Waals surface area contributed by atoms with Crippen LogP contribution in [0.1, 0.15) is 95.2 Å². The van der Waals surface area contributed by atoms with Crippen LogP contribution in [0.25, 0.3) is 65.0 Å². The van der Waals surface area contributed by atoms with Crippen LogP contribution in [0, 0.1) is 41.2 Å². The van der Waals surface area contributed by atoms with Crippen molar-refractivity contribution in [2.45, 2.75) is 90.9 Å². The number of aryl methyl sites for hydroxylation is 4. The van der Waals surface area contributed by atoms with Gasteiger partial charge < -0.3 is 19.3 Å². The zero-order valence-electron chi connectivity index (χ0n) is 42.6. The first kappa shape index (κ1) is 45.1. The van der Waals surface area contributed by atoms with E-state index in [-0.39, 0.29) is 16.8 Å². The van der Waals surface area contributed by atoms with Crippen LogP contribution in [0.5, 0.6) is 0 Å². The van der Waals surface area contributed by atoms with Crippen LogP contribution < -0.4 is 9.80 Å². The molecule has 6 heterocycles. The molecule has 8 heteroatoms. The second-order valence-corrected chi connectivity index (χ2v) is 22.3. The molecule has 364 valence electrons. The summed E-state index contributed by atoms with van der Waals surface area (Å²) in [5.41, 5.74) is 22.1. The van der Waals surface area contributed by atoms with Crippen LogP contribution in [-0.2, 0) is 60.8 Å². The Morgan fingerprint density at radius 1 is 0.507 bits per heavy atom. The highest BCUT2D eigenvalue weighted by Gasteiger charge is 2.42. The van der Waals surface area contributed by atoms with Crippen LogP contribution in [0.2, 0.25) is 0 Å². The average molecular weight is 975 g/mol. The van der Waals surface area contributed by atoms with Crippen molar-refractivity contribution in [3.63, 3.8) is 0 Å². The molecule has 6 aliphatic heterocycles. The van der Waals surface area contributed by atoms with E-state index in [1.165, 1.54) is 120 Å². The van der Waals surface area contributed by atoms with Crippen molar-refractivity contribution < 1.29 is 9.47 Å². The normalized spacial score (nSPS) is 21.1. The fraction of sp³-hybridized carbons (Fsp3) is 0.284. The molecule has 6 aromatic rings. The average Bonchev–Trinajstić information content (AvgIpc) is 3.44. The molecule has 1 atom stereocenters. The third-order valence-electron chi connectivity index (χ3n) is 17.5. The van der Waals surface area contributed by atoms with E-state index in [1.807, 2.05) is 26.0 Å². The number of anilines is 2.